The quantitative estimate of drug-likeness (QED) is 0.826. The van der Waals surface area contributed by atoms with Crippen molar-refractivity contribution in [2.75, 3.05) is 6.61 Å². The van der Waals surface area contributed by atoms with Gasteiger partial charge in [-0.15, -0.1) is 0 Å². The first-order chi connectivity index (χ1) is 11.0. The topological polar surface area (TPSA) is 59.2 Å². The maximum absolute atomic E-state index is 13.7. The van der Waals surface area contributed by atoms with Crippen molar-refractivity contribution < 1.29 is 13.3 Å². The van der Waals surface area contributed by atoms with Gasteiger partial charge < -0.3 is 9.72 Å². The van der Waals surface area contributed by atoms with Crippen LogP contribution in [0.4, 0.5) is 4.39 Å². The molecule has 0 radical (unpaired) electrons. The minimum absolute atomic E-state index is 0.0547. The molecule has 1 unspecified atom stereocenters. The molecule has 4 nitrogen and oxygen atoms in total. The Morgan fingerprint density at radius 1 is 1.30 bits per heavy atom. The largest absolute Gasteiger partial charge is 0.488 e. The molecule has 0 aliphatic rings. The van der Waals surface area contributed by atoms with Crippen LogP contribution >= 0.6 is 11.6 Å². The van der Waals surface area contributed by atoms with Gasteiger partial charge in [-0.05, 0) is 18.6 Å². The highest BCUT2D eigenvalue weighted by molar-refractivity contribution is 7.83. The van der Waals surface area contributed by atoms with Gasteiger partial charge in [0.1, 0.15) is 5.82 Å². The number of aromatic nitrogens is 1. The number of H-pyrrole nitrogens is 1. The summed E-state index contributed by atoms with van der Waals surface area (Å²) in [6.45, 7) is 2.41. The highest BCUT2D eigenvalue weighted by Gasteiger charge is 2.10. The van der Waals surface area contributed by atoms with Gasteiger partial charge in [0.2, 0.25) is 5.43 Å². The van der Waals surface area contributed by atoms with Gasteiger partial charge in [0.25, 0.3) is 0 Å². The Morgan fingerprint density at radius 3 is 2.74 bits per heavy atom. The lowest BCUT2D eigenvalue weighted by atomic mass is 10.2. The summed E-state index contributed by atoms with van der Waals surface area (Å²) >= 11 is 5.68. The molecular weight excluding hydrogens is 341 g/mol. The highest BCUT2D eigenvalue weighted by atomic mass is 35.5. The third kappa shape index (κ3) is 5.18. The number of pyridine rings is 1. The lowest BCUT2D eigenvalue weighted by Crippen LogP contribution is -2.11. The first kappa shape index (κ1) is 17.7. The van der Waals surface area contributed by atoms with Crippen LogP contribution in [0.15, 0.2) is 35.3 Å². The molecule has 124 valence electrons. The van der Waals surface area contributed by atoms with Gasteiger partial charge in [0, 0.05) is 39.3 Å². The second-order valence-electron chi connectivity index (χ2n) is 5.00. The third-order valence-corrected chi connectivity index (χ3v) is 4.55. The molecule has 1 aromatic carbocycles. The summed E-state index contributed by atoms with van der Waals surface area (Å²) in [4.78, 5) is 14.8. The molecule has 1 N–H and O–H groups in total. The van der Waals surface area contributed by atoms with Crippen LogP contribution in [0.25, 0.3) is 0 Å². The summed E-state index contributed by atoms with van der Waals surface area (Å²) < 4.78 is 31.1. The van der Waals surface area contributed by atoms with E-state index in [9.17, 15) is 13.4 Å². The lowest BCUT2D eigenvalue weighted by molar-refractivity contribution is 0.313. The Bertz CT molecular complexity index is 763. The second-order valence-corrected chi connectivity index (χ2v) is 6.89. The summed E-state index contributed by atoms with van der Waals surface area (Å²) in [5.74, 6) is -0.0578. The van der Waals surface area contributed by atoms with E-state index in [0.29, 0.717) is 22.9 Å². The average Bonchev–Trinajstić information content (AvgIpc) is 2.49. The summed E-state index contributed by atoms with van der Waals surface area (Å²) in [6, 6.07) is 5.62. The number of aromatic amines is 1. The molecule has 1 atom stereocenters. The molecule has 0 bridgehead atoms. The van der Waals surface area contributed by atoms with Gasteiger partial charge in [0.15, 0.2) is 5.75 Å². The Labute approximate surface area is 141 Å². The Balaban J connectivity index is 2.02. The van der Waals surface area contributed by atoms with Gasteiger partial charge in [-0.25, -0.2) is 4.39 Å². The molecule has 1 aromatic heterocycles. The van der Waals surface area contributed by atoms with Gasteiger partial charge in [-0.2, -0.15) is 0 Å². The van der Waals surface area contributed by atoms with E-state index in [-0.39, 0.29) is 22.7 Å². The zero-order valence-electron chi connectivity index (χ0n) is 12.6. The van der Waals surface area contributed by atoms with Gasteiger partial charge in [0.05, 0.1) is 18.1 Å². The predicted octanol–water partition coefficient (Wildman–Crippen LogP) is 3.41. The summed E-state index contributed by atoms with van der Waals surface area (Å²) in [5, 5.41) is 0.295. The summed E-state index contributed by atoms with van der Waals surface area (Å²) in [7, 11) is -1.35. The van der Waals surface area contributed by atoms with Crippen LogP contribution in [0.5, 0.6) is 5.75 Å². The molecule has 0 aliphatic carbocycles. The normalized spacial score (nSPS) is 12.1. The highest BCUT2D eigenvalue weighted by Crippen LogP contribution is 2.17. The fraction of sp³-hybridized carbons (Fsp3) is 0.312. The van der Waals surface area contributed by atoms with Crippen LogP contribution in [0.3, 0.4) is 0 Å². The fourth-order valence-electron chi connectivity index (χ4n) is 1.95. The predicted molar refractivity (Wildman–Crippen MR) is 89.8 cm³/mol. The van der Waals surface area contributed by atoms with Crippen molar-refractivity contribution in [3.05, 3.63) is 62.8 Å². The van der Waals surface area contributed by atoms with E-state index in [1.165, 1.54) is 24.4 Å². The minimum Gasteiger partial charge on any atom is -0.488 e. The van der Waals surface area contributed by atoms with Crippen molar-refractivity contribution in [3.63, 3.8) is 0 Å². The second kappa shape index (κ2) is 8.26. The summed E-state index contributed by atoms with van der Waals surface area (Å²) in [6.07, 6.45) is 2.27. The van der Waals surface area contributed by atoms with Gasteiger partial charge in [-0.3, -0.25) is 9.00 Å². The van der Waals surface area contributed by atoms with Crippen molar-refractivity contribution in [2.45, 2.75) is 24.9 Å². The zero-order chi connectivity index (χ0) is 16.8. The first-order valence-corrected chi connectivity index (χ1v) is 8.99. The molecule has 0 saturated carbocycles. The zero-order valence-corrected chi connectivity index (χ0v) is 14.2. The molecule has 2 rings (SSSR count). The smallest absolute Gasteiger partial charge is 0.223 e. The fourth-order valence-corrected chi connectivity index (χ4v) is 3.30. The van der Waals surface area contributed by atoms with Crippen molar-refractivity contribution >= 4 is 22.4 Å². The van der Waals surface area contributed by atoms with Crippen molar-refractivity contribution in [3.8, 4) is 5.75 Å². The monoisotopic (exact) mass is 357 g/mol. The van der Waals surface area contributed by atoms with E-state index in [1.807, 2.05) is 6.92 Å². The van der Waals surface area contributed by atoms with Crippen LogP contribution in [0.1, 0.15) is 24.6 Å². The number of nitrogens with one attached hydrogen (secondary N) is 1. The maximum Gasteiger partial charge on any atom is 0.223 e. The number of halogens is 2. The van der Waals surface area contributed by atoms with Crippen LogP contribution in [-0.2, 0) is 22.3 Å². The molecule has 7 heteroatoms. The summed E-state index contributed by atoms with van der Waals surface area (Å²) in [5.41, 5.74) is 0.589. The van der Waals surface area contributed by atoms with E-state index >= 15 is 0 Å². The number of rotatable bonds is 7. The Hall–Kier alpha value is -1.66. The molecule has 1 heterocycles. The molecule has 0 aliphatic heterocycles. The van der Waals surface area contributed by atoms with Crippen LogP contribution < -0.4 is 10.2 Å². The molecule has 23 heavy (non-hydrogen) atoms. The Kier molecular flexibility index (Phi) is 6.36. The molecular formula is C16H17ClFNO3S. The first-order valence-electron chi connectivity index (χ1n) is 7.13. The van der Waals surface area contributed by atoms with Gasteiger partial charge in [-0.1, -0.05) is 24.6 Å². The van der Waals surface area contributed by atoms with Crippen molar-refractivity contribution in [2.24, 2.45) is 0 Å². The Morgan fingerprint density at radius 2 is 2.09 bits per heavy atom. The van der Waals surface area contributed by atoms with Crippen LogP contribution in [-0.4, -0.2) is 15.8 Å². The molecule has 2 aromatic rings. The third-order valence-electron chi connectivity index (χ3n) is 3.05. The van der Waals surface area contributed by atoms with E-state index < -0.39 is 16.6 Å². The number of benzene rings is 1. The lowest BCUT2D eigenvalue weighted by Gasteiger charge is -2.07. The maximum atomic E-state index is 13.7. The molecule has 0 saturated heterocycles. The van der Waals surface area contributed by atoms with Crippen LogP contribution in [0, 0.1) is 5.82 Å². The SMILES string of the molecule is CCCOc1c[nH]c(CS(=O)Cc2ccc(Cl)cc2F)cc1=O. The van der Waals surface area contributed by atoms with E-state index in [1.54, 1.807) is 6.07 Å². The van der Waals surface area contributed by atoms with E-state index in [2.05, 4.69) is 4.98 Å². The van der Waals surface area contributed by atoms with Crippen molar-refractivity contribution in [1.82, 2.24) is 4.98 Å². The van der Waals surface area contributed by atoms with E-state index in [4.69, 9.17) is 16.3 Å². The number of ether oxygens (including phenoxy) is 1. The number of hydrogen-bond acceptors (Lipinski definition) is 3. The number of hydrogen-bond donors (Lipinski definition) is 1. The van der Waals surface area contributed by atoms with Crippen molar-refractivity contribution in [1.29, 1.82) is 0 Å². The van der Waals surface area contributed by atoms with E-state index in [0.717, 1.165) is 6.42 Å². The van der Waals surface area contributed by atoms with Gasteiger partial charge >= 0.3 is 0 Å². The standard InChI is InChI=1S/C16H17ClFNO3S/c1-2-5-22-16-8-19-13(7-15(16)20)10-23(21)9-11-3-4-12(17)6-14(11)18/h3-4,6-8H,2,5,9-10H2,1H3,(H,19,20). The molecule has 0 spiro atoms. The average molecular weight is 358 g/mol. The molecule has 0 fully saturated rings. The minimum atomic E-state index is -1.35. The van der Waals surface area contributed by atoms with Crippen LogP contribution in [0.2, 0.25) is 5.02 Å². The molecule has 0 amide bonds.